The maximum absolute atomic E-state index is 13.4. The molecule has 0 saturated carbocycles. The van der Waals surface area contributed by atoms with Crippen molar-refractivity contribution in [3.05, 3.63) is 0 Å². The molecule has 0 spiro atoms. The normalized spacial score (nSPS) is 14.4. The number of nitrogens with one attached hydrogen (secondary N) is 8. The van der Waals surface area contributed by atoms with Crippen molar-refractivity contribution >= 4 is 73.0 Å². The number of likely N-dealkylation sites (N-methyl/N-ethyl adjacent to an activating group) is 1. The Hall–Kier alpha value is -3.56. The van der Waals surface area contributed by atoms with E-state index in [9.17, 15) is 43.5 Å². The van der Waals surface area contributed by atoms with Crippen LogP contribution >= 0.6 is 0 Å². The minimum absolute atomic E-state index is 0.00259. The molecule has 8 amide bonds. The first-order chi connectivity index (χ1) is 26.4. The van der Waals surface area contributed by atoms with Crippen molar-refractivity contribution in [2.24, 2.45) is 34.6 Å². The summed E-state index contributed by atoms with van der Waals surface area (Å²) in [6.07, 6.45) is -1.01. The Morgan fingerprint density at radius 3 is 1.34 bits per heavy atom. The Morgan fingerprint density at radius 1 is 0.536 bits per heavy atom. The third-order valence-corrected chi connectivity index (χ3v) is 7.72. The topological polar surface area (TPSA) is 383 Å². The van der Waals surface area contributed by atoms with Crippen molar-refractivity contribution in [1.29, 1.82) is 0 Å². The van der Waals surface area contributed by atoms with Crippen LogP contribution in [0.1, 0.15) is 59.8 Å². The molecule has 19 N–H and O–H groups in total. The molecule has 0 saturated heterocycles. The Labute approximate surface area is 344 Å². The van der Waals surface area contributed by atoms with Gasteiger partial charge in [-0.3, -0.25) is 38.4 Å². The average Bonchev–Trinajstić information content (AvgIpc) is 3.14. The molecule has 0 rings (SSSR count). The van der Waals surface area contributed by atoms with Gasteiger partial charge in [-0.25, -0.2) is 0 Å². The summed E-state index contributed by atoms with van der Waals surface area (Å²) in [5, 5.41) is 29.7. The van der Waals surface area contributed by atoms with Crippen molar-refractivity contribution in [3.63, 3.8) is 0 Å². The second-order valence-electron chi connectivity index (χ2n) is 13.0. The summed E-state index contributed by atoms with van der Waals surface area (Å²) in [5.74, 6) is -5.88. The summed E-state index contributed by atoms with van der Waals surface area (Å²) in [4.78, 5) is 102. The maximum atomic E-state index is 13.4. The van der Waals surface area contributed by atoms with Crippen LogP contribution in [-0.4, -0.2) is 166 Å². The molecule has 0 aromatic heterocycles. The van der Waals surface area contributed by atoms with Crippen molar-refractivity contribution in [2.75, 3.05) is 45.8 Å². The van der Waals surface area contributed by atoms with E-state index < -0.39 is 103 Å². The molecule has 56 heavy (non-hydrogen) atoms. The van der Waals surface area contributed by atoms with Gasteiger partial charge in [-0.15, -0.1) is 0 Å². The Balaban J connectivity index is 0. The zero-order chi connectivity index (χ0) is 43.4. The Kier molecular flexibility index (Phi) is 30.7. The number of amides is 8. The number of carbonyl (C=O) groups excluding carboxylic acids is 8. The first-order valence-electron chi connectivity index (χ1n) is 18.5. The van der Waals surface area contributed by atoms with Gasteiger partial charge in [0, 0.05) is 6.54 Å². The second kappa shape index (κ2) is 31.5. The number of aliphatic hydroxyl groups excluding tert-OH is 1. The van der Waals surface area contributed by atoms with Gasteiger partial charge in [0.25, 0.3) is 0 Å². The van der Waals surface area contributed by atoms with E-state index in [1.807, 2.05) is 0 Å². The van der Waals surface area contributed by atoms with Crippen molar-refractivity contribution in [2.45, 2.75) is 107 Å². The fourth-order valence-electron chi connectivity index (χ4n) is 4.89. The van der Waals surface area contributed by atoms with Crippen molar-refractivity contribution in [1.82, 2.24) is 42.5 Å². The van der Waals surface area contributed by atoms with E-state index in [2.05, 4.69) is 47.0 Å². The van der Waals surface area contributed by atoms with Gasteiger partial charge in [0.1, 0.15) is 30.2 Å². The molecule has 0 aromatic carbocycles. The Morgan fingerprint density at radius 2 is 0.929 bits per heavy atom. The van der Waals surface area contributed by atoms with E-state index in [1.165, 1.54) is 32.7 Å². The molecule has 0 aliphatic carbocycles. The Bertz CT molecular complexity index is 1250. The predicted octanol–water partition coefficient (Wildman–Crippen LogP) is -6.87. The zero-order valence-electron chi connectivity index (χ0n) is 33.2. The SMILES string of the molecule is CCNC(=O)C(NC(=O)C(CCN)NC(=O)C(CCN)NC(=O)C(CC(C)C)NC(=O)CNC(=O)C(CCN)NC(=O)CNC(=O)C(N)CCN)C(C)O.[CH3][Pb]. The summed E-state index contributed by atoms with van der Waals surface area (Å²) >= 11 is 1.31. The predicted molar refractivity (Wildman–Crippen MR) is 210 cm³/mol. The third kappa shape index (κ3) is 22.9. The first kappa shape index (κ1) is 54.5. The summed E-state index contributed by atoms with van der Waals surface area (Å²) in [5.41, 5.74) is 28.0. The van der Waals surface area contributed by atoms with Crippen molar-refractivity contribution in [3.8, 4) is 0 Å². The molecule has 3 radical (unpaired) electrons. The van der Waals surface area contributed by atoms with Crippen molar-refractivity contribution < 1.29 is 43.5 Å². The number of hydrogen-bond donors (Lipinski definition) is 14. The number of aliphatic hydroxyl groups is 1. The van der Waals surface area contributed by atoms with Crippen LogP contribution in [0.4, 0.5) is 0 Å². The van der Waals surface area contributed by atoms with E-state index in [4.69, 9.17) is 28.7 Å². The standard InChI is InChI=1S/C32H63N13O9.CH3.Pb/c1-5-38-32(54)26(18(4)46)45-30(52)22(9-13-36)43-29(51)21(8-12-35)44-31(53)23(14-17(2)3)42-25(48)16-40-28(50)20(7-11-34)41-24(47)15-39-27(49)19(37)6-10-33;;/h17-23,26,46H,5-16,33-37H2,1-4H3,(H,38,54)(H,39,49)(H,40,50)(H,41,47)(H,42,48)(H,43,51)(H,44,53)(H,45,52);1H3;. The van der Waals surface area contributed by atoms with Gasteiger partial charge in [-0.05, 0) is 78.0 Å². The molecule has 0 aromatic rings. The van der Waals surface area contributed by atoms with Gasteiger partial charge in [-0.1, -0.05) is 13.8 Å². The van der Waals surface area contributed by atoms with E-state index >= 15 is 0 Å². The quantitative estimate of drug-likeness (QED) is 0.0341. The molecule has 0 bridgehead atoms. The third-order valence-electron chi connectivity index (χ3n) is 7.72. The monoisotopic (exact) mass is 996 g/mol. The van der Waals surface area contributed by atoms with Gasteiger partial charge < -0.3 is 76.3 Å². The summed E-state index contributed by atoms with van der Waals surface area (Å²) in [6.45, 7) is 5.86. The fourth-order valence-corrected chi connectivity index (χ4v) is 4.89. The fraction of sp³-hybridized carbons (Fsp3) is 0.758. The van der Waals surface area contributed by atoms with Crippen LogP contribution in [0.5, 0.6) is 0 Å². The summed E-state index contributed by atoms with van der Waals surface area (Å²) < 4.78 is 2.14. The van der Waals surface area contributed by atoms with Gasteiger partial charge in [0.2, 0.25) is 47.3 Å². The molecule has 0 fully saturated rings. The van der Waals surface area contributed by atoms with Gasteiger partial charge >= 0.3 is 30.3 Å². The van der Waals surface area contributed by atoms with Crippen LogP contribution in [0, 0.1) is 5.92 Å². The van der Waals surface area contributed by atoms with Gasteiger partial charge in [0.15, 0.2) is 0 Å². The molecule has 23 heteroatoms. The molecule has 7 unspecified atom stereocenters. The first-order valence-corrected chi connectivity index (χ1v) is 22.4. The number of hydrogen-bond acceptors (Lipinski definition) is 14. The molecule has 0 aliphatic heterocycles. The van der Waals surface area contributed by atoms with E-state index in [0.29, 0.717) is 0 Å². The molecule has 0 heterocycles. The summed E-state index contributed by atoms with van der Waals surface area (Å²) in [7, 11) is 0. The zero-order valence-corrected chi connectivity index (χ0v) is 37.1. The molecule has 22 nitrogen and oxygen atoms in total. The van der Waals surface area contributed by atoms with E-state index in [0.717, 1.165) is 0 Å². The number of carbonyl (C=O) groups is 8. The van der Waals surface area contributed by atoms with E-state index in [1.54, 1.807) is 20.8 Å². The van der Waals surface area contributed by atoms with Crippen LogP contribution < -0.4 is 71.2 Å². The van der Waals surface area contributed by atoms with Crippen LogP contribution in [-0.2, 0) is 38.4 Å². The minimum atomic E-state index is -1.31. The van der Waals surface area contributed by atoms with Gasteiger partial charge in [0.05, 0.1) is 25.2 Å². The molecular formula is C33H66N13O9Pb. The van der Waals surface area contributed by atoms with Crippen LogP contribution in [0.15, 0.2) is 0 Å². The van der Waals surface area contributed by atoms with Gasteiger partial charge in [-0.2, -0.15) is 0 Å². The molecule has 7 atom stereocenters. The molecule has 321 valence electrons. The number of rotatable bonds is 27. The average molecular weight is 996 g/mol. The molecular weight excluding hydrogens is 930 g/mol. The summed E-state index contributed by atoms with van der Waals surface area (Å²) in [6, 6.07) is -7.01. The van der Waals surface area contributed by atoms with Crippen LogP contribution in [0.2, 0.25) is 4.48 Å². The van der Waals surface area contributed by atoms with Crippen LogP contribution in [0.25, 0.3) is 0 Å². The van der Waals surface area contributed by atoms with E-state index in [-0.39, 0.29) is 70.7 Å². The second-order valence-corrected chi connectivity index (χ2v) is 13.0. The van der Waals surface area contributed by atoms with Crippen LogP contribution in [0.3, 0.4) is 0 Å². The molecule has 0 aliphatic rings. The number of nitrogens with two attached hydrogens (primary N) is 5.